The summed E-state index contributed by atoms with van der Waals surface area (Å²) in [6, 6.07) is 37.9. The van der Waals surface area contributed by atoms with Crippen LogP contribution in [0.25, 0.3) is 22.3 Å². The number of carbonyl (C=O) groups is 2. The van der Waals surface area contributed by atoms with Crippen molar-refractivity contribution in [3.63, 3.8) is 0 Å². The third kappa shape index (κ3) is 3.42. The first-order valence-corrected chi connectivity index (χ1v) is 10.6. The van der Waals surface area contributed by atoms with Gasteiger partial charge in [-0.3, -0.25) is 9.59 Å². The van der Waals surface area contributed by atoms with Crippen molar-refractivity contribution in [3.05, 3.63) is 144 Å². The summed E-state index contributed by atoms with van der Waals surface area (Å²) in [5.41, 5.74) is 4.74. The normalized spacial score (nSPS) is 14.1. The van der Waals surface area contributed by atoms with Gasteiger partial charge in [-0.05, 0) is 22.3 Å². The summed E-state index contributed by atoms with van der Waals surface area (Å²) in [4.78, 5) is 28.3. The van der Waals surface area contributed by atoms with Gasteiger partial charge in [0.05, 0.1) is 0 Å². The fraction of sp³-hybridized carbons (Fsp3) is 0. The van der Waals surface area contributed by atoms with Gasteiger partial charge in [-0.25, -0.2) is 0 Å². The number of hydrogen-bond acceptors (Lipinski definition) is 2. The van der Waals surface area contributed by atoms with E-state index in [2.05, 4.69) is 0 Å². The molecule has 4 aromatic carbocycles. The summed E-state index contributed by atoms with van der Waals surface area (Å²) in [5, 5.41) is 0. The molecule has 0 aromatic heterocycles. The van der Waals surface area contributed by atoms with E-state index in [0.717, 1.165) is 22.3 Å². The van der Waals surface area contributed by atoms with Crippen LogP contribution < -0.4 is 0 Å². The third-order valence-electron chi connectivity index (χ3n) is 5.66. The second-order valence-corrected chi connectivity index (χ2v) is 7.62. The number of hydrogen-bond donors (Lipinski definition) is 0. The Morgan fingerprint density at radius 1 is 0.281 bits per heavy atom. The first-order chi connectivity index (χ1) is 15.8. The molecule has 4 aromatic rings. The predicted molar refractivity (Wildman–Crippen MR) is 129 cm³/mol. The molecule has 0 unspecified atom stereocenters. The van der Waals surface area contributed by atoms with Crippen molar-refractivity contribution in [2.24, 2.45) is 0 Å². The van der Waals surface area contributed by atoms with Crippen LogP contribution in [0, 0.1) is 0 Å². The Labute approximate surface area is 187 Å². The SMILES string of the molecule is O=C1C(c2ccccc2)=C(c2ccccc2)C(=O)C(c2ccccc2)=C1c1ccccc1. The van der Waals surface area contributed by atoms with Gasteiger partial charge in [-0.1, -0.05) is 121 Å². The van der Waals surface area contributed by atoms with Crippen LogP contribution in [0.5, 0.6) is 0 Å². The lowest BCUT2D eigenvalue weighted by Gasteiger charge is -2.25. The highest BCUT2D eigenvalue weighted by Gasteiger charge is 2.36. The number of allylic oxidation sites excluding steroid dienone is 4. The molecule has 5 rings (SSSR count). The zero-order valence-electron chi connectivity index (χ0n) is 17.4. The Morgan fingerprint density at radius 2 is 0.469 bits per heavy atom. The van der Waals surface area contributed by atoms with E-state index in [1.165, 1.54) is 0 Å². The van der Waals surface area contributed by atoms with E-state index in [1.807, 2.05) is 121 Å². The average molecular weight is 412 g/mol. The monoisotopic (exact) mass is 412 g/mol. The Kier molecular flexibility index (Phi) is 5.19. The molecule has 0 N–H and O–H groups in total. The summed E-state index contributed by atoms with van der Waals surface area (Å²) in [5.74, 6) is -0.278. The molecule has 0 fully saturated rings. The lowest BCUT2D eigenvalue weighted by atomic mass is 9.75. The smallest absolute Gasteiger partial charge is 0.195 e. The van der Waals surface area contributed by atoms with Gasteiger partial charge < -0.3 is 0 Å². The van der Waals surface area contributed by atoms with Crippen LogP contribution in [-0.4, -0.2) is 11.6 Å². The highest BCUT2D eigenvalue weighted by Crippen LogP contribution is 2.43. The molecule has 2 nitrogen and oxygen atoms in total. The molecule has 0 spiro atoms. The molecule has 0 amide bonds. The minimum Gasteiger partial charge on any atom is -0.289 e. The zero-order valence-corrected chi connectivity index (χ0v) is 17.4. The largest absolute Gasteiger partial charge is 0.289 e. The minimum atomic E-state index is -0.139. The standard InChI is InChI=1S/C30H20O2/c31-29-25(21-13-5-1-6-14-21)26(22-15-7-2-8-16-22)30(32)28(24-19-11-4-12-20-24)27(29)23-17-9-3-10-18-23/h1-20H. The lowest BCUT2D eigenvalue weighted by molar-refractivity contribution is -0.111. The van der Waals surface area contributed by atoms with Crippen LogP contribution in [0.4, 0.5) is 0 Å². The zero-order chi connectivity index (χ0) is 21.9. The van der Waals surface area contributed by atoms with Gasteiger partial charge in [0, 0.05) is 22.3 Å². The maximum atomic E-state index is 14.2. The van der Waals surface area contributed by atoms with Gasteiger partial charge in [-0.15, -0.1) is 0 Å². The Bertz CT molecular complexity index is 1140. The van der Waals surface area contributed by atoms with Crippen molar-refractivity contribution in [2.75, 3.05) is 0 Å². The van der Waals surface area contributed by atoms with Crippen LogP contribution in [0.2, 0.25) is 0 Å². The van der Waals surface area contributed by atoms with Gasteiger partial charge in [-0.2, -0.15) is 0 Å². The highest BCUT2D eigenvalue weighted by molar-refractivity contribution is 6.66. The van der Waals surface area contributed by atoms with Crippen LogP contribution >= 0.6 is 0 Å². The van der Waals surface area contributed by atoms with E-state index in [1.54, 1.807) is 0 Å². The Balaban J connectivity index is 1.85. The fourth-order valence-electron chi connectivity index (χ4n) is 4.23. The van der Waals surface area contributed by atoms with Gasteiger partial charge in [0.2, 0.25) is 0 Å². The number of carbonyl (C=O) groups excluding carboxylic acids is 2. The van der Waals surface area contributed by atoms with Gasteiger partial charge >= 0.3 is 0 Å². The number of ketones is 2. The maximum absolute atomic E-state index is 14.2. The Morgan fingerprint density at radius 3 is 0.656 bits per heavy atom. The quantitative estimate of drug-likeness (QED) is 0.366. The second-order valence-electron chi connectivity index (χ2n) is 7.62. The molecule has 32 heavy (non-hydrogen) atoms. The lowest BCUT2D eigenvalue weighted by Crippen LogP contribution is -2.21. The number of Topliss-reactive ketones (excluding diaryl/α,β-unsaturated/α-hetero) is 2. The summed E-state index contributed by atoms with van der Waals surface area (Å²) in [6.45, 7) is 0. The maximum Gasteiger partial charge on any atom is 0.195 e. The molecular formula is C30H20O2. The predicted octanol–water partition coefficient (Wildman–Crippen LogP) is 6.36. The molecule has 2 heteroatoms. The molecule has 0 saturated carbocycles. The number of benzene rings is 4. The van der Waals surface area contributed by atoms with E-state index < -0.39 is 0 Å². The van der Waals surface area contributed by atoms with E-state index in [9.17, 15) is 9.59 Å². The molecule has 0 atom stereocenters. The van der Waals surface area contributed by atoms with E-state index in [4.69, 9.17) is 0 Å². The molecule has 1 aliphatic rings. The first-order valence-electron chi connectivity index (χ1n) is 10.6. The molecule has 0 radical (unpaired) electrons. The molecule has 0 saturated heterocycles. The van der Waals surface area contributed by atoms with Crippen molar-refractivity contribution in [3.8, 4) is 0 Å². The first kappa shape index (κ1) is 19.7. The van der Waals surface area contributed by atoms with Crippen LogP contribution in [-0.2, 0) is 9.59 Å². The summed E-state index contributed by atoms with van der Waals surface area (Å²) >= 11 is 0. The minimum absolute atomic E-state index is 0.139. The van der Waals surface area contributed by atoms with E-state index in [0.29, 0.717) is 22.3 Å². The van der Waals surface area contributed by atoms with Crippen LogP contribution in [0.1, 0.15) is 22.3 Å². The summed E-state index contributed by atoms with van der Waals surface area (Å²) in [7, 11) is 0. The van der Waals surface area contributed by atoms with Crippen molar-refractivity contribution in [1.29, 1.82) is 0 Å². The molecule has 0 bridgehead atoms. The van der Waals surface area contributed by atoms with Crippen LogP contribution in [0.15, 0.2) is 121 Å². The number of rotatable bonds is 4. The molecule has 0 aliphatic heterocycles. The van der Waals surface area contributed by atoms with Crippen molar-refractivity contribution < 1.29 is 9.59 Å². The van der Waals surface area contributed by atoms with Gasteiger partial charge in [0.15, 0.2) is 11.6 Å². The van der Waals surface area contributed by atoms with Crippen molar-refractivity contribution >= 4 is 33.9 Å². The molecule has 0 heterocycles. The topological polar surface area (TPSA) is 34.1 Å². The summed E-state index contributed by atoms with van der Waals surface area (Å²) in [6.07, 6.45) is 0. The Hall–Kier alpha value is -4.30. The van der Waals surface area contributed by atoms with Crippen LogP contribution in [0.3, 0.4) is 0 Å². The second kappa shape index (κ2) is 8.44. The highest BCUT2D eigenvalue weighted by atomic mass is 16.1. The fourth-order valence-corrected chi connectivity index (χ4v) is 4.23. The summed E-state index contributed by atoms with van der Waals surface area (Å²) < 4.78 is 0. The van der Waals surface area contributed by atoms with Crippen molar-refractivity contribution in [2.45, 2.75) is 0 Å². The molecule has 152 valence electrons. The van der Waals surface area contributed by atoms with Gasteiger partial charge in [0.25, 0.3) is 0 Å². The van der Waals surface area contributed by atoms with E-state index >= 15 is 0 Å². The van der Waals surface area contributed by atoms with E-state index in [-0.39, 0.29) is 11.6 Å². The molecular weight excluding hydrogens is 392 g/mol. The third-order valence-corrected chi connectivity index (χ3v) is 5.66. The average Bonchev–Trinajstić information content (AvgIpc) is 2.87. The molecule has 1 aliphatic carbocycles. The van der Waals surface area contributed by atoms with Gasteiger partial charge in [0.1, 0.15) is 0 Å². The van der Waals surface area contributed by atoms with Crippen molar-refractivity contribution in [1.82, 2.24) is 0 Å².